The first kappa shape index (κ1) is 17.4. The van der Waals surface area contributed by atoms with Gasteiger partial charge in [0.15, 0.2) is 0 Å². The van der Waals surface area contributed by atoms with Crippen molar-refractivity contribution in [1.82, 2.24) is 4.72 Å². The average Bonchev–Trinajstić information content (AvgIpc) is 2.46. The summed E-state index contributed by atoms with van der Waals surface area (Å²) in [6, 6.07) is 10.3. The van der Waals surface area contributed by atoms with E-state index in [9.17, 15) is 12.8 Å². The van der Waals surface area contributed by atoms with Crippen molar-refractivity contribution in [3.8, 4) is 5.75 Å². The monoisotopic (exact) mass is 337 g/mol. The number of sulfonamides is 1. The molecule has 4 nitrogen and oxygen atoms in total. The molecule has 0 spiro atoms. The van der Waals surface area contributed by atoms with E-state index < -0.39 is 21.9 Å². The van der Waals surface area contributed by atoms with Crippen molar-refractivity contribution >= 4 is 10.0 Å². The molecule has 0 saturated carbocycles. The molecule has 0 saturated heterocycles. The molecule has 0 bridgehead atoms. The fourth-order valence-corrected chi connectivity index (χ4v) is 3.50. The molecule has 1 N–H and O–H groups in total. The fourth-order valence-electron chi connectivity index (χ4n) is 2.24. The van der Waals surface area contributed by atoms with Crippen molar-refractivity contribution < 1.29 is 17.5 Å². The van der Waals surface area contributed by atoms with Gasteiger partial charge in [-0.05, 0) is 50.1 Å². The Morgan fingerprint density at radius 2 is 1.74 bits per heavy atom. The number of halogens is 1. The van der Waals surface area contributed by atoms with E-state index in [-0.39, 0.29) is 11.5 Å². The Labute approximate surface area is 136 Å². The molecule has 0 aromatic heterocycles. The molecule has 0 radical (unpaired) electrons. The minimum Gasteiger partial charge on any atom is -0.491 e. The maximum absolute atomic E-state index is 13.2. The third kappa shape index (κ3) is 4.53. The van der Waals surface area contributed by atoms with E-state index in [2.05, 4.69) is 4.72 Å². The van der Waals surface area contributed by atoms with E-state index in [0.717, 1.165) is 22.9 Å². The van der Waals surface area contributed by atoms with E-state index in [1.165, 1.54) is 18.2 Å². The van der Waals surface area contributed by atoms with Crippen LogP contribution in [0.1, 0.15) is 18.1 Å². The van der Waals surface area contributed by atoms with Crippen LogP contribution in [-0.2, 0) is 10.0 Å². The molecule has 1 unspecified atom stereocenters. The van der Waals surface area contributed by atoms with Gasteiger partial charge in [-0.1, -0.05) is 24.3 Å². The molecule has 0 aliphatic heterocycles. The third-order valence-corrected chi connectivity index (χ3v) is 4.94. The first-order valence-electron chi connectivity index (χ1n) is 7.26. The molecule has 0 fully saturated rings. The molecule has 0 aliphatic rings. The lowest BCUT2D eigenvalue weighted by Crippen LogP contribution is -2.36. The average molecular weight is 337 g/mol. The normalized spacial score (nSPS) is 12.9. The summed E-state index contributed by atoms with van der Waals surface area (Å²) in [6.45, 7) is 5.75. The molecule has 0 aliphatic carbocycles. The quantitative estimate of drug-likeness (QED) is 0.881. The lowest BCUT2D eigenvalue weighted by Gasteiger charge is -2.17. The molecule has 1 atom stereocenters. The van der Waals surface area contributed by atoms with Crippen molar-refractivity contribution in [3.05, 3.63) is 59.4 Å². The molecule has 6 heteroatoms. The molecule has 23 heavy (non-hydrogen) atoms. The highest BCUT2D eigenvalue weighted by molar-refractivity contribution is 7.89. The number of benzene rings is 2. The first-order chi connectivity index (χ1) is 10.8. The van der Waals surface area contributed by atoms with Gasteiger partial charge >= 0.3 is 0 Å². The zero-order valence-corrected chi connectivity index (χ0v) is 14.2. The second kappa shape index (κ2) is 7.10. The van der Waals surface area contributed by atoms with Gasteiger partial charge in [-0.25, -0.2) is 17.5 Å². The van der Waals surface area contributed by atoms with Gasteiger partial charge in [0.2, 0.25) is 10.0 Å². The van der Waals surface area contributed by atoms with Crippen LogP contribution >= 0.6 is 0 Å². The topological polar surface area (TPSA) is 55.4 Å². The Balaban J connectivity index is 2.03. The number of para-hydroxylation sites is 1. The van der Waals surface area contributed by atoms with Gasteiger partial charge in [0.05, 0.1) is 10.9 Å². The molecule has 0 amide bonds. The zero-order chi connectivity index (χ0) is 17.0. The van der Waals surface area contributed by atoms with Crippen molar-refractivity contribution in [2.75, 3.05) is 6.61 Å². The van der Waals surface area contributed by atoms with Crippen molar-refractivity contribution in [2.24, 2.45) is 0 Å². The maximum Gasteiger partial charge on any atom is 0.241 e. The van der Waals surface area contributed by atoms with E-state index in [1.54, 1.807) is 6.92 Å². The molecular weight excluding hydrogens is 317 g/mol. The molecule has 2 aromatic carbocycles. The van der Waals surface area contributed by atoms with Crippen molar-refractivity contribution in [1.29, 1.82) is 0 Å². The largest absolute Gasteiger partial charge is 0.491 e. The minimum absolute atomic E-state index is 0.101. The molecule has 0 heterocycles. The van der Waals surface area contributed by atoms with Crippen molar-refractivity contribution in [3.63, 3.8) is 0 Å². The Morgan fingerprint density at radius 1 is 1.13 bits per heavy atom. The van der Waals surface area contributed by atoms with E-state index in [1.807, 2.05) is 32.0 Å². The lowest BCUT2D eigenvalue weighted by atomic mass is 10.1. The highest BCUT2D eigenvalue weighted by Gasteiger charge is 2.18. The van der Waals surface area contributed by atoms with Gasteiger partial charge in [-0.3, -0.25) is 0 Å². The third-order valence-electron chi connectivity index (χ3n) is 3.35. The van der Waals surface area contributed by atoms with Crippen LogP contribution in [0.15, 0.2) is 47.4 Å². The number of aryl methyl sites for hydroxylation is 2. The minimum atomic E-state index is -3.78. The number of ether oxygens (including phenoxy) is 1. The Kier molecular flexibility index (Phi) is 5.38. The molecule has 124 valence electrons. The van der Waals surface area contributed by atoms with Gasteiger partial charge in [0, 0.05) is 0 Å². The number of hydrogen-bond acceptors (Lipinski definition) is 3. The predicted molar refractivity (Wildman–Crippen MR) is 87.6 cm³/mol. The second-order valence-electron chi connectivity index (χ2n) is 5.51. The van der Waals surface area contributed by atoms with Gasteiger partial charge in [0.25, 0.3) is 0 Å². The molecular formula is C17H20FNO3S. The number of rotatable bonds is 6. The number of nitrogens with one attached hydrogen (secondary N) is 1. The van der Waals surface area contributed by atoms with E-state index in [4.69, 9.17) is 4.74 Å². The summed E-state index contributed by atoms with van der Waals surface area (Å²) in [5.74, 6) is 0.164. The van der Waals surface area contributed by atoms with Crippen LogP contribution in [0.5, 0.6) is 5.75 Å². The zero-order valence-electron chi connectivity index (χ0n) is 13.3. The fraction of sp³-hybridized carbons (Fsp3) is 0.294. The Morgan fingerprint density at radius 3 is 2.35 bits per heavy atom. The Bertz CT molecular complexity index is 770. The van der Waals surface area contributed by atoms with Gasteiger partial charge in [-0.2, -0.15) is 0 Å². The lowest BCUT2D eigenvalue weighted by molar-refractivity contribution is 0.284. The van der Waals surface area contributed by atoms with Crippen LogP contribution in [0.3, 0.4) is 0 Å². The molecule has 2 rings (SSSR count). The predicted octanol–water partition coefficient (Wildman–Crippen LogP) is 3.19. The van der Waals surface area contributed by atoms with Crippen LogP contribution < -0.4 is 9.46 Å². The van der Waals surface area contributed by atoms with Crippen LogP contribution in [0, 0.1) is 19.7 Å². The van der Waals surface area contributed by atoms with E-state index in [0.29, 0.717) is 0 Å². The second-order valence-corrected chi connectivity index (χ2v) is 7.23. The van der Waals surface area contributed by atoms with Crippen molar-refractivity contribution in [2.45, 2.75) is 31.7 Å². The van der Waals surface area contributed by atoms with Gasteiger partial charge in [-0.15, -0.1) is 0 Å². The highest BCUT2D eigenvalue weighted by atomic mass is 32.2. The summed E-state index contributed by atoms with van der Waals surface area (Å²) in [6.07, 6.45) is 0. The summed E-state index contributed by atoms with van der Waals surface area (Å²) >= 11 is 0. The van der Waals surface area contributed by atoms with Crippen LogP contribution in [0.25, 0.3) is 0 Å². The van der Waals surface area contributed by atoms with E-state index >= 15 is 0 Å². The van der Waals surface area contributed by atoms with Crippen LogP contribution in [0.4, 0.5) is 4.39 Å². The summed E-state index contributed by atoms with van der Waals surface area (Å²) in [4.78, 5) is -0.101. The summed E-state index contributed by atoms with van der Waals surface area (Å²) < 4.78 is 45.8. The molecule has 2 aromatic rings. The summed E-state index contributed by atoms with van der Waals surface area (Å²) in [5.41, 5.74) is 1.98. The van der Waals surface area contributed by atoms with Gasteiger partial charge < -0.3 is 4.74 Å². The van der Waals surface area contributed by atoms with Gasteiger partial charge in [0.1, 0.15) is 18.2 Å². The number of hydrogen-bond donors (Lipinski definition) is 1. The summed E-state index contributed by atoms with van der Waals surface area (Å²) in [5, 5.41) is 0. The smallest absolute Gasteiger partial charge is 0.241 e. The standard InChI is InChI=1S/C17H20FNO3S/c1-12-6-4-7-13(2)17(12)22-11-14(3)19-23(20,21)16-9-5-8-15(18)10-16/h4-10,14,19H,11H2,1-3H3. The maximum atomic E-state index is 13.2. The first-order valence-corrected chi connectivity index (χ1v) is 8.75. The SMILES string of the molecule is Cc1cccc(C)c1OCC(C)NS(=O)(=O)c1cccc(F)c1. The highest BCUT2D eigenvalue weighted by Crippen LogP contribution is 2.22. The Hall–Kier alpha value is -1.92. The van der Waals surface area contributed by atoms with Crippen LogP contribution in [-0.4, -0.2) is 21.1 Å². The van der Waals surface area contributed by atoms with Crippen LogP contribution in [0.2, 0.25) is 0 Å². The summed E-state index contributed by atoms with van der Waals surface area (Å²) in [7, 11) is -3.78.